The number of cyclic esters (lactones) is 1. The predicted molar refractivity (Wildman–Crippen MR) is 47.2 cm³/mol. The molecule has 1 N–H and O–H groups in total. The average molecular weight is 206 g/mol. The van der Waals surface area contributed by atoms with E-state index in [0.29, 0.717) is 5.56 Å². The molecule has 15 heavy (non-hydrogen) atoms. The third-order valence-corrected chi connectivity index (χ3v) is 2.14. The first-order valence-electron chi connectivity index (χ1n) is 4.18. The number of ketones is 1. The van der Waals surface area contributed by atoms with Gasteiger partial charge in [-0.15, -0.1) is 0 Å². The standard InChI is InChI=1S/C10H6O5/c11-7(9(12)13)8-5-3-1-2-4-6(5)10(14)15-8/h1-4,8H,(H,12,13). The van der Waals surface area contributed by atoms with Gasteiger partial charge in [-0.3, -0.25) is 4.79 Å². The summed E-state index contributed by atoms with van der Waals surface area (Å²) in [6.45, 7) is 0. The summed E-state index contributed by atoms with van der Waals surface area (Å²) in [5, 5.41) is 8.51. The fraction of sp³-hybridized carbons (Fsp3) is 0.100. The summed E-state index contributed by atoms with van der Waals surface area (Å²) in [7, 11) is 0. The van der Waals surface area contributed by atoms with Gasteiger partial charge < -0.3 is 9.84 Å². The summed E-state index contributed by atoms with van der Waals surface area (Å²) < 4.78 is 4.69. The zero-order chi connectivity index (χ0) is 11.0. The Balaban J connectivity index is 2.45. The molecule has 0 spiro atoms. The molecule has 5 heteroatoms. The number of Topliss-reactive ketones (excluding diaryl/α,β-unsaturated/α-hetero) is 1. The van der Waals surface area contributed by atoms with Gasteiger partial charge in [-0.1, -0.05) is 18.2 Å². The van der Waals surface area contributed by atoms with Crippen LogP contribution in [0.2, 0.25) is 0 Å². The number of benzene rings is 1. The number of rotatable bonds is 2. The van der Waals surface area contributed by atoms with Crippen LogP contribution < -0.4 is 0 Å². The Morgan fingerprint density at radius 2 is 1.93 bits per heavy atom. The topological polar surface area (TPSA) is 80.7 Å². The van der Waals surface area contributed by atoms with Crippen molar-refractivity contribution in [2.75, 3.05) is 0 Å². The van der Waals surface area contributed by atoms with Crippen LogP contribution in [-0.4, -0.2) is 22.8 Å². The summed E-state index contributed by atoms with van der Waals surface area (Å²) in [6.07, 6.45) is -1.30. The van der Waals surface area contributed by atoms with Gasteiger partial charge in [0.1, 0.15) is 0 Å². The first kappa shape index (κ1) is 9.39. The maximum atomic E-state index is 11.2. The predicted octanol–water partition coefficient (Wildman–Crippen LogP) is 0.552. The number of carboxylic acids is 1. The van der Waals surface area contributed by atoms with Crippen molar-refractivity contribution in [2.24, 2.45) is 0 Å². The van der Waals surface area contributed by atoms with Crippen LogP contribution in [0.25, 0.3) is 0 Å². The van der Waals surface area contributed by atoms with E-state index in [1.807, 2.05) is 0 Å². The second kappa shape index (κ2) is 3.20. The molecule has 0 amide bonds. The van der Waals surface area contributed by atoms with E-state index in [1.54, 1.807) is 12.1 Å². The number of ether oxygens (including phenoxy) is 1. The lowest BCUT2D eigenvalue weighted by molar-refractivity contribution is -0.153. The van der Waals surface area contributed by atoms with Crippen LogP contribution in [0.15, 0.2) is 24.3 Å². The molecule has 0 saturated heterocycles. The summed E-state index contributed by atoms with van der Waals surface area (Å²) in [5.41, 5.74) is 0.562. The Morgan fingerprint density at radius 1 is 1.27 bits per heavy atom. The van der Waals surface area contributed by atoms with E-state index in [2.05, 4.69) is 4.74 Å². The van der Waals surface area contributed by atoms with Crippen molar-refractivity contribution in [3.63, 3.8) is 0 Å². The zero-order valence-corrected chi connectivity index (χ0v) is 7.47. The molecule has 1 aliphatic rings. The minimum Gasteiger partial charge on any atom is -0.475 e. The summed E-state index contributed by atoms with van der Waals surface area (Å²) >= 11 is 0. The van der Waals surface area contributed by atoms with E-state index in [0.717, 1.165) is 0 Å². The fourth-order valence-electron chi connectivity index (χ4n) is 1.45. The van der Waals surface area contributed by atoms with Gasteiger partial charge in [0.15, 0.2) is 6.10 Å². The molecular formula is C10H6O5. The number of hydrogen-bond donors (Lipinski definition) is 1. The molecular weight excluding hydrogens is 200 g/mol. The molecule has 0 fully saturated rings. The number of carbonyl (C=O) groups is 3. The van der Waals surface area contributed by atoms with Gasteiger partial charge >= 0.3 is 11.9 Å². The number of hydrogen-bond acceptors (Lipinski definition) is 4. The molecule has 1 aromatic carbocycles. The lowest BCUT2D eigenvalue weighted by Crippen LogP contribution is -2.21. The van der Waals surface area contributed by atoms with E-state index >= 15 is 0 Å². The van der Waals surface area contributed by atoms with Crippen LogP contribution in [0.3, 0.4) is 0 Å². The van der Waals surface area contributed by atoms with Gasteiger partial charge in [-0.2, -0.15) is 0 Å². The number of carboxylic acid groups (broad SMARTS) is 1. The van der Waals surface area contributed by atoms with E-state index in [-0.39, 0.29) is 5.56 Å². The molecule has 2 rings (SSSR count). The maximum Gasteiger partial charge on any atom is 0.376 e. The van der Waals surface area contributed by atoms with Crippen LogP contribution in [0.5, 0.6) is 0 Å². The highest BCUT2D eigenvalue weighted by Crippen LogP contribution is 2.30. The fourth-order valence-corrected chi connectivity index (χ4v) is 1.45. The minimum absolute atomic E-state index is 0.247. The normalized spacial score (nSPS) is 18.1. The molecule has 76 valence electrons. The lowest BCUT2D eigenvalue weighted by Gasteiger charge is -2.04. The van der Waals surface area contributed by atoms with E-state index < -0.39 is 23.8 Å². The first-order valence-corrected chi connectivity index (χ1v) is 4.18. The van der Waals surface area contributed by atoms with Crippen molar-refractivity contribution in [2.45, 2.75) is 6.10 Å². The quantitative estimate of drug-likeness (QED) is 0.564. The molecule has 0 radical (unpaired) electrons. The molecule has 0 saturated carbocycles. The molecule has 1 unspecified atom stereocenters. The Kier molecular flexibility index (Phi) is 2.00. The first-order chi connectivity index (χ1) is 7.11. The van der Waals surface area contributed by atoms with Crippen molar-refractivity contribution in [1.82, 2.24) is 0 Å². The van der Waals surface area contributed by atoms with Crippen molar-refractivity contribution in [1.29, 1.82) is 0 Å². The molecule has 0 bridgehead atoms. The van der Waals surface area contributed by atoms with E-state index in [4.69, 9.17) is 5.11 Å². The van der Waals surface area contributed by atoms with Crippen LogP contribution >= 0.6 is 0 Å². The number of carbonyl (C=O) groups excluding carboxylic acids is 2. The van der Waals surface area contributed by atoms with Crippen molar-refractivity contribution >= 4 is 17.7 Å². The molecule has 1 heterocycles. The van der Waals surface area contributed by atoms with Crippen molar-refractivity contribution in [3.8, 4) is 0 Å². The monoisotopic (exact) mass is 206 g/mol. The highest BCUT2D eigenvalue weighted by Gasteiger charge is 2.38. The second-order valence-electron chi connectivity index (χ2n) is 3.04. The highest BCUT2D eigenvalue weighted by molar-refractivity contribution is 6.35. The van der Waals surface area contributed by atoms with Crippen LogP contribution in [-0.2, 0) is 14.3 Å². The Labute approximate surface area is 84.3 Å². The van der Waals surface area contributed by atoms with Crippen molar-refractivity contribution < 1.29 is 24.2 Å². The number of esters is 1. The molecule has 1 aliphatic heterocycles. The smallest absolute Gasteiger partial charge is 0.376 e. The van der Waals surface area contributed by atoms with Gasteiger partial charge in [0.25, 0.3) is 5.78 Å². The Hall–Kier alpha value is -2.17. The Bertz CT molecular complexity index is 463. The molecule has 0 aliphatic carbocycles. The molecule has 1 aromatic rings. The van der Waals surface area contributed by atoms with Gasteiger partial charge in [-0.25, -0.2) is 9.59 Å². The van der Waals surface area contributed by atoms with Crippen LogP contribution in [0.4, 0.5) is 0 Å². The third kappa shape index (κ3) is 1.38. The summed E-state index contributed by atoms with van der Waals surface area (Å²) in [5.74, 6) is -3.40. The second-order valence-corrected chi connectivity index (χ2v) is 3.04. The van der Waals surface area contributed by atoms with Gasteiger partial charge in [0, 0.05) is 5.56 Å². The third-order valence-electron chi connectivity index (χ3n) is 2.14. The van der Waals surface area contributed by atoms with E-state index in [1.165, 1.54) is 12.1 Å². The minimum atomic E-state index is -1.61. The zero-order valence-electron chi connectivity index (χ0n) is 7.47. The van der Waals surface area contributed by atoms with Gasteiger partial charge in [0.2, 0.25) is 0 Å². The molecule has 5 nitrogen and oxygen atoms in total. The van der Waals surface area contributed by atoms with Gasteiger partial charge in [-0.05, 0) is 6.07 Å². The molecule has 1 atom stereocenters. The molecule has 0 aromatic heterocycles. The highest BCUT2D eigenvalue weighted by atomic mass is 16.6. The Morgan fingerprint density at radius 3 is 2.60 bits per heavy atom. The average Bonchev–Trinajstić information content (AvgIpc) is 2.56. The maximum absolute atomic E-state index is 11.2. The van der Waals surface area contributed by atoms with Crippen molar-refractivity contribution in [3.05, 3.63) is 35.4 Å². The summed E-state index contributed by atoms with van der Waals surface area (Å²) in [6, 6.07) is 6.23. The van der Waals surface area contributed by atoms with Crippen LogP contribution in [0.1, 0.15) is 22.0 Å². The largest absolute Gasteiger partial charge is 0.475 e. The number of aliphatic carboxylic acids is 1. The lowest BCUT2D eigenvalue weighted by atomic mass is 10.0. The van der Waals surface area contributed by atoms with E-state index in [9.17, 15) is 14.4 Å². The summed E-state index contributed by atoms with van der Waals surface area (Å²) in [4.78, 5) is 32.9. The number of fused-ring (bicyclic) bond motifs is 1. The SMILES string of the molecule is O=C(O)C(=O)C1OC(=O)c2ccccc21. The van der Waals surface area contributed by atoms with Gasteiger partial charge in [0.05, 0.1) is 5.56 Å². The van der Waals surface area contributed by atoms with Crippen LogP contribution in [0, 0.1) is 0 Å².